The molecular weight excluding hydrogens is 391 g/mol. The zero-order valence-corrected chi connectivity index (χ0v) is 15.7. The van der Waals surface area contributed by atoms with Crippen LogP contribution in [0.2, 0.25) is 5.02 Å². The van der Waals surface area contributed by atoms with Crippen LogP contribution in [-0.2, 0) is 6.18 Å². The maximum atomic E-state index is 12.7. The van der Waals surface area contributed by atoms with E-state index in [4.69, 9.17) is 11.6 Å². The number of benzene rings is 2. The van der Waals surface area contributed by atoms with Crippen molar-refractivity contribution in [1.29, 1.82) is 0 Å². The number of carbonyl (C=O) groups is 1. The lowest BCUT2D eigenvalue weighted by atomic mass is 10.1. The van der Waals surface area contributed by atoms with Gasteiger partial charge in [0.05, 0.1) is 16.8 Å². The van der Waals surface area contributed by atoms with Gasteiger partial charge >= 0.3 is 6.18 Å². The first-order valence-electron chi connectivity index (χ1n) is 8.24. The van der Waals surface area contributed by atoms with Crippen LogP contribution in [0.4, 0.5) is 18.9 Å². The first-order valence-corrected chi connectivity index (χ1v) is 8.62. The summed E-state index contributed by atoms with van der Waals surface area (Å²) in [7, 11) is 0. The predicted molar refractivity (Wildman–Crippen MR) is 101 cm³/mol. The zero-order chi connectivity index (χ0) is 20.5. The van der Waals surface area contributed by atoms with Crippen LogP contribution in [0.3, 0.4) is 0 Å². The summed E-state index contributed by atoms with van der Waals surface area (Å²) in [5, 5.41) is 3.29. The van der Waals surface area contributed by atoms with Crippen LogP contribution in [0.25, 0.3) is 11.4 Å². The highest BCUT2D eigenvalue weighted by atomic mass is 35.5. The summed E-state index contributed by atoms with van der Waals surface area (Å²) in [5.74, 6) is -0.163. The number of hydrogen-bond acceptors (Lipinski definition) is 3. The molecule has 1 N–H and O–H groups in total. The molecule has 0 aliphatic carbocycles. The molecule has 8 heteroatoms. The molecule has 0 saturated carbocycles. The predicted octanol–water partition coefficient (Wildman–Crippen LogP) is 5.68. The van der Waals surface area contributed by atoms with Crippen molar-refractivity contribution in [2.45, 2.75) is 20.0 Å². The van der Waals surface area contributed by atoms with Crippen LogP contribution >= 0.6 is 11.6 Å². The molecule has 0 fully saturated rings. The largest absolute Gasteiger partial charge is 0.416 e. The highest BCUT2D eigenvalue weighted by molar-refractivity contribution is 6.31. The molecule has 0 aliphatic heterocycles. The summed E-state index contributed by atoms with van der Waals surface area (Å²) in [6, 6.07) is 9.71. The van der Waals surface area contributed by atoms with E-state index in [1.54, 1.807) is 32.0 Å². The number of halogens is 4. The summed E-state index contributed by atoms with van der Waals surface area (Å²) in [4.78, 5) is 20.9. The fourth-order valence-corrected chi connectivity index (χ4v) is 2.74. The number of amides is 1. The van der Waals surface area contributed by atoms with Crippen molar-refractivity contribution in [2.24, 2.45) is 0 Å². The number of aryl methyl sites for hydroxylation is 1. The van der Waals surface area contributed by atoms with Crippen LogP contribution in [0, 0.1) is 13.8 Å². The molecule has 3 aromatic rings. The molecule has 144 valence electrons. The Morgan fingerprint density at radius 3 is 2.36 bits per heavy atom. The molecule has 0 spiro atoms. The lowest BCUT2D eigenvalue weighted by Crippen LogP contribution is -2.15. The third kappa shape index (κ3) is 4.14. The van der Waals surface area contributed by atoms with E-state index in [-0.39, 0.29) is 11.4 Å². The number of carbonyl (C=O) groups excluding carboxylic acids is 1. The molecule has 1 aromatic heterocycles. The van der Waals surface area contributed by atoms with E-state index in [0.29, 0.717) is 22.0 Å². The monoisotopic (exact) mass is 405 g/mol. The summed E-state index contributed by atoms with van der Waals surface area (Å²) in [6.07, 6.45) is -3.06. The standard InChI is InChI=1S/C20H15ClF3N3O/c1-11-16(21)4-3-5-17(11)27-19(28)15-10-25-18(26-12(15)2)13-6-8-14(9-7-13)20(22,23)24/h3-10H,1-2H3,(H,27,28). The SMILES string of the molecule is Cc1nc(-c2ccc(C(F)(F)F)cc2)ncc1C(=O)Nc1cccc(Cl)c1C. The number of aromatic nitrogens is 2. The number of nitrogens with zero attached hydrogens (tertiary/aromatic N) is 2. The number of nitrogens with one attached hydrogen (secondary N) is 1. The fourth-order valence-electron chi connectivity index (χ4n) is 2.57. The van der Waals surface area contributed by atoms with Crippen LogP contribution < -0.4 is 5.32 Å². The van der Waals surface area contributed by atoms with Gasteiger partial charge in [-0.15, -0.1) is 0 Å². The van der Waals surface area contributed by atoms with E-state index in [2.05, 4.69) is 15.3 Å². The first kappa shape index (κ1) is 19.8. The van der Waals surface area contributed by atoms with Crippen molar-refractivity contribution in [2.75, 3.05) is 5.32 Å². The molecule has 1 heterocycles. The van der Waals surface area contributed by atoms with Crippen molar-refractivity contribution >= 4 is 23.2 Å². The molecule has 1 amide bonds. The Morgan fingerprint density at radius 1 is 1.07 bits per heavy atom. The maximum absolute atomic E-state index is 12.7. The molecule has 2 aromatic carbocycles. The van der Waals surface area contributed by atoms with Gasteiger partial charge in [-0.1, -0.05) is 29.8 Å². The number of rotatable bonds is 3. The van der Waals surface area contributed by atoms with Crippen LogP contribution in [-0.4, -0.2) is 15.9 Å². The third-order valence-electron chi connectivity index (χ3n) is 4.21. The van der Waals surface area contributed by atoms with E-state index in [9.17, 15) is 18.0 Å². The van der Waals surface area contributed by atoms with E-state index in [1.807, 2.05) is 0 Å². The third-order valence-corrected chi connectivity index (χ3v) is 4.62. The van der Waals surface area contributed by atoms with Crippen molar-refractivity contribution in [1.82, 2.24) is 9.97 Å². The lowest BCUT2D eigenvalue weighted by Gasteiger charge is -2.11. The number of alkyl halides is 3. The van der Waals surface area contributed by atoms with Gasteiger partial charge in [0.15, 0.2) is 5.82 Å². The van der Waals surface area contributed by atoms with Gasteiger partial charge < -0.3 is 5.32 Å². The average molecular weight is 406 g/mol. The Balaban J connectivity index is 1.84. The van der Waals surface area contributed by atoms with Gasteiger partial charge in [0, 0.05) is 22.5 Å². The molecule has 0 atom stereocenters. The average Bonchev–Trinajstić information content (AvgIpc) is 2.64. The summed E-state index contributed by atoms with van der Waals surface area (Å²) < 4.78 is 38.0. The number of hydrogen-bond donors (Lipinski definition) is 1. The van der Waals surface area contributed by atoms with Crippen molar-refractivity contribution < 1.29 is 18.0 Å². The van der Waals surface area contributed by atoms with Gasteiger partial charge in [-0.3, -0.25) is 4.79 Å². The van der Waals surface area contributed by atoms with Crippen molar-refractivity contribution in [3.8, 4) is 11.4 Å². The van der Waals surface area contributed by atoms with Crippen molar-refractivity contribution in [3.63, 3.8) is 0 Å². The lowest BCUT2D eigenvalue weighted by molar-refractivity contribution is -0.137. The van der Waals surface area contributed by atoms with Crippen molar-refractivity contribution in [3.05, 3.63) is 76.1 Å². The molecule has 0 aliphatic rings. The molecule has 0 unspecified atom stereocenters. The fraction of sp³-hybridized carbons (Fsp3) is 0.150. The number of anilines is 1. The second-order valence-corrected chi connectivity index (χ2v) is 6.54. The Bertz CT molecular complexity index is 1030. The Hall–Kier alpha value is -2.93. The van der Waals surface area contributed by atoms with Crippen LogP contribution in [0.15, 0.2) is 48.7 Å². The van der Waals surface area contributed by atoms with E-state index in [1.165, 1.54) is 18.3 Å². The quantitative estimate of drug-likeness (QED) is 0.609. The van der Waals surface area contributed by atoms with Crippen LogP contribution in [0.1, 0.15) is 27.2 Å². The highest BCUT2D eigenvalue weighted by Gasteiger charge is 2.30. The second-order valence-electron chi connectivity index (χ2n) is 6.13. The smallest absolute Gasteiger partial charge is 0.322 e. The van der Waals surface area contributed by atoms with Gasteiger partial charge in [-0.2, -0.15) is 13.2 Å². The normalized spacial score (nSPS) is 11.4. The minimum atomic E-state index is -4.41. The van der Waals surface area contributed by atoms with Gasteiger partial charge in [-0.25, -0.2) is 9.97 Å². The minimum Gasteiger partial charge on any atom is -0.322 e. The summed E-state index contributed by atoms with van der Waals surface area (Å²) in [5.41, 5.74) is 1.65. The van der Waals surface area contributed by atoms with Gasteiger partial charge in [-0.05, 0) is 43.7 Å². The molecule has 4 nitrogen and oxygen atoms in total. The molecule has 28 heavy (non-hydrogen) atoms. The molecule has 0 saturated heterocycles. The molecule has 3 rings (SSSR count). The van der Waals surface area contributed by atoms with Crippen LogP contribution in [0.5, 0.6) is 0 Å². The molecule has 0 radical (unpaired) electrons. The van der Waals surface area contributed by atoms with Gasteiger partial charge in [0.2, 0.25) is 0 Å². The topological polar surface area (TPSA) is 54.9 Å². The molecular formula is C20H15ClF3N3O. The highest BCUT2D eigenvalue weighted by Crippen LogP contribution is 2.30. The Kier molecular flexibility index (Phi) is 5.38. The van der Waals surface area contributed by atoms with Gasteiger partial charge in [0.1, 0.15) is 0 Å². The Labute approximate surface area is 164 Å². The Morgan fingerprint density at radius 2 is 1.75 bits per heavy atom. The van der Waals surface area contributed by atoms with E-state index >= 15 is 0 Å². The maximum Gasteiger partial charge on any atom is 0.416 e. The van der Waals surface area contributed by atoms with E-state index < -0.39 is 17.6 Å². The summed E-state index contributed by atoms with van der Waals surface area (Å²) >= 11 is 6.06. The van der Waals surface area contributed by atoms with Gasteiger partial charge in [0.25, 0.3) is 5.91 Å². The first-order chi connectivity index (χ1) is 13.2. The minimum absolute atomic E-state index is 0.238. The summed E-state index contributed by atoms with van der Waals surface area (Å²) in [6.45, 7) is 3.42. The second kappa shape index (κ2) is 7.59. The zero-order valence-electron chi connectivity index (χ0n) is 14.9. The van der Waals surface area contributed by atoms with E-state index in [0.717, 1.165) is 17.7 Å². The molecule has 0 bridgehead atoms.